The highest BCUT2D eigenvalue weighted by atomic mass is 35.5. The predicted octanol–water partition coefficient (Wildman–Crippen LogP) is 4.02. The molecule has 0 radical (unpaired) electrons. The zero-order valence-electron chi connectivity index (χ0n) is 16.8. The number of aryl methyl sites for hydroxylation is 1. The van der Waals surface area contributed by atoms with Crippen molar-refractivity contribution >= 4 is 23.2 Å². The molecule has 1 amide bonds. The summed E-state index contributed by atoms with van der Waals surface area (Å²) in [5.74, 6) is 1.58. The van der Waals surface area contributed by atoms with E-state index < -0.39 is 5.60 Å². The van der Waals surface area contributed by atoms with Gasteiger partial charge >= 0.3 is 0 Å². The first-order valence-corrected chi connectivity index (χ1v) is 11.2. The Morgan fingerprint density at radius 2 is 1.82 bits per heavy atom. The highest BCUT2D eigenvalue weighted by Crippen LogP contribution is 2.62. The lowest BCUT2D eigenvalue weighted by Gasteiger charge is -2.60. The third kappa shape index (κ3) is 3.33. The zero-order valence-corrected chi connectivity index (χ0v) is 17.5. The second-order valence-corrected chi connectivity index (χ2v) is 10.6. The number of anilines is 1. The summed E-state index contributed by atoms with van der Waals surface area (Å²) in [7, 11) is 0. The predicted molar refractivity (Wildman–Crippen MR) is 112 cm³/mol. The number of nitrogens with zero attached hydrogens (tertiary/aromatic N) is 2. The van der Waals surface area contributed by atoms with Gasteiger partial charge in [0, 0.05) is 43.3 Å². The number of carbonyl (C=O) groups excluding carboxylic acids is 1. The molecule has 1 aromatic rings. The molecule has 1 heterocycles. The van der Waals surface area contributed by atoms with Crippen LogP contribution in [0.15, 0.2) is 18.2 Å². The van der Waals surface area contributed by atoms with Crippen LogP contribution < -0.4 is 4.90 Å². The lowest BCUT2D eigenvalue weighted by Crippen LogP contribution is -2.57. The summed E-state index contributed by atoms with van der Waals surface area (Å²) in [6.45, 7) is 5.38. The number of benzene rings is 1. The van der Waals surface area contributed by atoms with Crippen LogP contribution in [0.1, 0.15) is 50.5 Å². The van der Waals surface area contributed by atoms with Gasteiger partial charge in [-0.15, -0.1) is 0 Å². The van der Waals surface area contributed by atoms with Crippen molar-refractivity contribution in [1.82, 2.24) is 4.90 Å². The molecule has 4 saturated carbocycles. The third-order valence-corrected chi connectivity index (χ3v) is 8.06. The highest BCUT2D eigenvalue weighted by Gasteiger charge is 2.57. The van der Waals surface area contributed by atoms with Gasteiger partial charge in [0.2, 0.25) is 5.91 Å². The monoisotopic (exact) mass is 402 g/mol. The normalized spacial score (nSPS) is 36.8. The van der Waals surface area contributed by atoms with Crippen molar-refractivity contribution in [2.45, 2.75) is 57.5 Å². The molecule has 2 unspecified atom stereocenters. The lowest BCUT2D eigenvalue weighted by atomic mass is 9.47. The standard InChI is InChI=1S/C23H31ClN2O2/c1-16-2-3-19(24)9-20(16)25-4-6-26(7-5-25)21(27)14-22-10-17-8-18(11-22)13-23(28,12-17)15-22/h2-3,9,17-18,28H,4-8,10-15H2,1H3/t17-,18+,22?,23?. The van der Waals surface area contributed by atoms with Gasteiger partial charge in [0.15, 0.2) is 0 Å². The maximum Gasteiger partial charge on any atom is 0.223 e. The van der Waals surface area contributed by atoms with Crippen LogP contribution in [-0.4, -0.2) is 47.7 Å². The Morgan fingerprint density at radius 1 is 1.14 bits per heavy atom. The maximum atomic E-state index is 13.2. The van der Waals surface area contributed by atoms with Gasteiger partial charge in [-0.2, -0.15) is 0 Å². The van der Waals surface area contributed by atoms with Crippen molar-refractivity contribution in [3.63, 3.8) is 0 Å². The lowest BCUT2D eigenvalue weighted by molar-refractivity contribution is -0.172. The van der Waals surface area contributed by atoms with E-state index in [2.05, 4.69) is 22.8 Å². The molecule has 1 N–H and O–H groups in total. The topological polar surface area (TPSA) is 43.8 Å². The van der Waals surface area contributed by atoms with Crippen LogP contribution in [0.3, 0.4) is 0 Å². The van der Waals surface area contributed by atoms with E-state index in [0.717, 1.165) is 63.3 Å². The first-order chi connectivity index (χ1) is 13.3. The van der Waals surface area contributed by atoms with Gasteiger partial charge in [-0.3, -0.25) is 4.79 Å². The highest BCUT2D eigenvalue weighted by molar-refractivity contribution is 6.30. The smallest absolute Gasteiger partial charge is 0.223 e. The van der Waals surface area contributed by atoms with E-state index >= 15 is 0 Å². The summed E-state index contributed by atoms with van der Waals surface area (Å²) >= 11 is 6.19. The van der Waals surface area contributed by atoms with Crippen molar-refractivity contribution in [3.05, 3.63) is 28.8 Å². The molecule has 5 fully saturated rings. The molecule has 6 rings (SSSR count). The minimum Gasteiger partial charge on any atom is -0.390 e. The molecular formula is C23H31ClN2O2. The van der Waals surface area contributed by atoms with Crippen molar-refractivity contribution in [2.24, 2.45) is 17.3 Å². The van der Waals surface area contributed by atoms with E-state index in [-0.39, 0.29) is 5.41 Å². The van der Waals surface area contributed by atoms with Crippen LogP contribution in [0.5, 0.6) is 0 Å². The number of halogens is 1. The number of amides is 1. The molecule has 5 heteroatoms. The molecule has 4 nitrogen and oxygen atoms in total. The average molecular weight is 403 g/mol. The fourth-order valence-electron chi connectivity index (χ4n) is 7.16. The number of carbonyl (C=O) groups is 1. The van der Waals surface area contributed by atoms with Crippen LogP contribution in [-0.2, 0) is 4.79 Å². The molecule has 1 aromatic carbocycles. The van der Waals surface area contributed by atoms with Crippen LogP contribution >= 0.6 is 11.6 Å². The van der Waals surface area contributed by atoms with Gasteiger partial charge in [-0.05, 0) is 80.4 Å². The van der Waals surface area contributed by atoms with Gasteiger partial charge in [0.05, 0.1) is 5.60 Å². The van der Waals surface area contributed by atoms with Gasteiger partial charge in [-0.25, -0.2) is 0 Å². The Morgan fingerprint density at radius 3 is 2.46 bits per heavy atom. The largest absolute Gasteiger partial charge is 0.390 e. The van der Waals surface area contributed by atoms with E-state index in [1.165, 1.54) is 17.7 Å². The van der Waals surface area contributed by atoms with Gasteiger partial charge < -0.3 is 14.9 Å². The Balaban J connectivity index is 1.23. The fraction of sp³-hybridized carbons (Fsp3) is 0.696. The summed E-state index contributed by atoms with van der Waals surface area (Å²) in [5.41, 5.74) is 2.00. The second-order valence-electron chi connectivity index (χ2n) is 10.2. The first-order valence-electron chi connectivity index (χ1n) is 10.8. The van der Waals surface area contributed by atoms with Crippen LogP contribution in [0.4, 0.5) is 5.69 Å². The summed E-state index contributed by atoms with van der Waals surface area (Å²) in [5, 5.41) is 11.7. The zero-order chi connectivity index (χ0) is 19.5. The molecule has 1 aliphatic heterocycles. The molecule has 152 valence electrons. The van der Waals surface area contributed by atoms with Crippen molar-refractivity contribution < 1.29 is 9.90 Å². The van der Waals surface area contributed by atoms with Crippen molar-refractivity contribution in [2.75, 3.05) is 31.1 Å². The molecule has 4 aliphatic carbocycles. The second kappa shape index (κ2) is 6.63. The van der Waals surface area contributed by atoms with Crippen molar-refractivity contribution in [1.29, 1.82) is 0 Å². The Kier molecular flexibility index (Phi) is 4.44. The number of rotatable bonds is 3. The van der Waals surface area contributed by atoms with Crippen molar-refractivity contribution in [3.8, 4) is 0 Å². The van der Waals surface area contributed by atoms with Crippen LogP contribution in [0, 0.1) is 24.2 Å². The Labute approximate surface area is 172 Å². The summed E-state index contributed by atoms with van der Waals surface area (Å²) in [6.07, 6.45) is 7.00. The first kappa shape index (κ1) is 18.7. The molecule has 4 atom stereocenters. The van der Waals surface area contributed by atoms with E-state index in [1.807, 2.05) is 12.1 Å². The molecule has 1 saturated heterocycles. The van der Waals surface area contributed by atoms with Crippen LogP contribution in [0.25, 0.3) is 0 Å². The van der Waals surface area contributed by atoms with Gasteiger partial charge in [0.25, 0.3) is 0 Å². The van der Waals surface area contributed by atoms with E-state index in [9.17, 15) is 9.90 Å². The molecule has 28 heavy (non-hydrogen) atoms. The summed E-state index contributed by atoms with van der Waals surface area (Å²) in [4.78, 5) is 17.6. The Bertz CT molecular complexity index is 773. The minimum absolute atomic E-state index is 0.0661. The molecular weight excluding hydrogens is 372 g/mol. The quantitative estimate of drug-likeness (QED) is 0.830. The molecule has 0 aromatic heterocycles. The molecule has 5 aliphatic rings. The number of hydrogen-bond donors (Lipinski definition) is 1. The van der Waals surface area contributed by atoms with Crippen LogP contribution in [0.2, 0.25) is 5.02 Å². The third-order valence-electron chi connectivity index (χ3n) is 7.82. The van der Waals surface area contributed by atoms with Gasteiger partial charge in [0.1, 0.15) is 0 Å². The number of hydrogen-bond acceptors (Lipinski definition) is 3. The number of piperazine rings is 1. The van der Waals surface area contributed by atoms with E-state index in [4.69, 9.17) is 11.6 Å². The molecule has 4 bridgehead atoms. The Hall–Kier alpha value is -1.26. The molecule has 0 spiro atoms. The number of aliphatic hydroxyl groups is 1. The average Bonchev–Trinajstić information content (AvgIpc) is 2.61. The summed E-state index contributed by atoms with van der Waals surface area (Å²) in [6, 6.07) is 6.02. The van der Waals surface area contributed by atoms with E-state index in [1.54, 1.807) is 0 Å². The maximum absolute atomic E-state index is 13.2. The van der Waals surface area contributed by atoms with Gasteiger partial charge in [-0.1, -0.05) is 17.7 Å². The minimum atomic E-state index is -0.479. The SMILES string of the molecule is Cc1ccc(Cl)cc1N1CCN(C(=O)CC23C[C@@H]4C[C@@H](CC(O)(C4)C2)C3)CC1. The summed E-state index contributed by atoms with van der Waals surface area (Å²) < 4.78 is 0. The fourth-order valence-corrected chi connectivity index (χ4v) is 7.33. The van der Waals surface area contributed by atoms with E-state index in [0.29, 0.717) is 24.2 Å².